The summed E-state index contributed by atoms with van der Waals surface area (Å²) in [6.07, 6.45) is 8.25. The first-order valence-corrected chi connectivity index (χ1v) is 7.51. The van der Waals surface area contributed by atoms with Crippen LogP contribution in [0.15, 0.2) is 42.7 Å². The number of rotatable bonds is 4. The third-order valence-electron chi connectivity index (χ3n) is 3.98. The van der Waals surface area contributed by atoms with Gasteiger partial charge in [0, 0.05) is 39.1 Å². The second-order valence-corrected chi connectivity index (χ2v) is 5.60. The van der Waals surface area contributed by atoms with Crippen LogP contribution in [0.5, 0.6) is 0 Å². The van der Waals surface area contributed by atoms with Gasteiger partial charge in [0.05, 0.1) is 11.4 Å². The average Bonchev–Trinajstić information content (AvgIpc) is 2.92. The molecule has 20 heavy (non-hydrogen) atoms. The molecule has 1 N–H and O–H groups in total. The van der Waals surface area contributed by atoms with Crippen LogP contribution in [0.3, 0.4) is 0 Å². The van der Waals surface area contributed by atoms with E-state index in [1.807, 2.05) is 0 Å². The van der Waals surface area contributed by atoms with E-state index in [4.69, 9.17) is 0 Å². The van der Waals surface area contributed by atoms with Crippen molar-refractivity contribution in [1.82, 2.24) is 4.57 Å². The van der Waals surface area contributed by atoms with Gasteiger partial charge in [0.1, 0.15) is 0 Å². The molecule has 0 atom stereocenters. The Bertz CT molecular complexity index is 553. The molecule has 106 valence electrons. The van der Waals surface area contributed by atoms with Crippen molar-refractivity contribution in [2.45, 2.75) is 25.8 Å². The van der Waals surface area contributed by atoms with Crippen molar-refractivity contribution in [1.29, 1.82) is 0 Å². The van der Waals surface area contributed by atoms with Crippen LogP contribution >= 0.6 is 0 Å². The Morgan fingerprint density at radius 2 is 1.85 bits per heavy atom. The van der Waals surface area contributed by atoms with Crippen molar-refractivity contribution < 1.29 is 0 Å². The van der Waals surface area contributed by atoms with Gasteiger partial charge in [-0.2, -0.15) is 0 Å². The Kier molecular flexibility index (Phi) is 3.95. The smallest absolute Gasteiger partial charge is 0.0602 e. The van der Waals surface area contributed by atoms with Gasteiger partial charge in [-0.15, -0.1) is 0 Å². The molecule has 1 aromatic carbocycles. The lowest BCUT2D eigenvalue weighted by atomic mass is 10.1. The van der Waals surface area contributed by atoms with Crippen LogP contribution < -0.4 is 10.2 Å². The van der Waals surface area contributed by atoms with E-state index in [0.717, 1.165) is 6.54 Å². The van der Waals surface area contributed by atoms with Crippen molar-refractivity contribution in [3.8, 4) is 0 Å². The van der Waals surface area contributed by atoms with Crippen LogP contribution in [0.4, 0.5) is 11.4 Å². The molecule has 2 aromatic rings. The lowest BCUT2D eigenvalue weighted by molar-refractivity contribution is 0.578. The number of aryl methyl sites for hydroxylation is 1. The van der Waals surface area contributed by atoms with Crippen LogP contribution in [-0.2, 0) is 13.6 Å². The molecule has 1 aliphatic heterocycles. The van der Waals surface area contributed by atoms with Crippen LogP contribution in [-0.4, -0.2) is 17.7 Å². The quantitative estimate of drug-likeness (QED) is 0.914. The van der Waals surface area contributed by atoms with Gasteiger partial charge in [0.15, 0.2) is 0 Å². The molecule has 2 heterocycles. The molecule has 0 aliphatic carbocycles. The number of anilines is 2. The summed E-state index contributed by atoms with van der Waals surface area (Å²) in [4.78, 5) is 2.51. The van der Waals surface area contributed by atoms with Crippen molar-refractivity contribution in [2.24, 2.45) is 7.05 Å². The predicted molar refractivity (Wildman–Crippen MR) is 85.2 cm³/mol. The minimum atomic E-state index is 0.881. The number of hydrogen-bond donors (Lipinski definition) is 1. The normalized spacial score (nSPS) is 15.3. The Balaban J connectivity index is 1.72. The second kappa shape index (κ2) is 6.04. The van der Waals surface area contributed by atoms with Crippen LogP contribution in [0.25, 0.3) is 0 Å². The monoisotopic (exact) mass is 269 g/mol. The first-order valence-electron chi connectivity index (χ1n) is 7.51. The first kappa shape index (κ1) is 13.1. The minimum Gasteiger partial charge on any atom is -0.379 e. The van der Waals surface area contributed by atoms with E-state index < -0.39 is 0 Å². The fraction of sp³-hybridized carbons (Fsp3) is 0.412. The van der Waals surface area contributed by atoms with Gasteiger partial charge in [-0.3, -0.25) is 0 Å². The Morgan fingerprint density at radius 3 is 2.60 bits per heavy atom. The summed E-state index contributed by atoms with van der Waals surface area (Å²) in [5.74, 6) is 0. The van der Waals surface area contributed by atoms with Gasteiger partial charge in [0.2, 0.25) is 0 Å². The van der Waals surface area contributed by atoms with Crippen molar-refractivity contribution in [3.63, 3.8) is 0 Å². The van der Waals surface area contributed by atoms with E-state index >= 15 is 0 Å². The highest BCUT2D eigenvalue weighted by Gasteiger charge is 2.13. The highest BCUT2D eigenvalue weighted by Crippen LogP contribution is 2.28. The minimum absolute atomic E-state index is 0.881. The maximum atomic E-state index is 3.59. The number of aromatic nitrogens is 1. The van der Waals surface area contributed by atoms with Gasteiger partial charge in [-0.1, -0.05) is 12.1 Å². The summed E-state index contributed by atoms with van der Waals surface area (Å²) in [6.45, 7) is 3.25. The molecule has 0 amide bonds. The van der Waals surface area contributed by atoms with E-state index in [9.17, 15) is 0 Å². The summed E-state index contributed by atoms with van der Waals surface area (Å²) in [5, 5.41) is 3.59. The maximum absolute atomic E-state index is 3.59. The third kappa shape index (κ3) is 2.98. The Hall–Kier alpha value is -1.90. The molecular weight excluding hydrogens is 246 g/mol. The van der Waals surface area contributed by atoms with Gasteiger partial charge in [-0.05, 0) is 43.0 Å². The number of benzene rings is 1. The van der Waals surface area contributed by atoms with Crippen LogP contribution in [0.1, 0.15) is 24.8 Å². The second-order valence-electron chi connectivity index (χ2n) is 5.60. The van der Waals surface area contributed by atoms with E-state index in [2.05, 4.69) is 64.6 Å². The third-order valence-corrected chi connectivity index (χ3v) is 3.98. The summed E-state index contributed by atoms with van der Waals surface area (Å²) in [7, 11) is 2.06. The number of para-hydroxylation sites is 2. The summed E-state index contributed by atoms with van der Waals surface area (Å²) in [6, 6.07) is 10.8. The maximum Gasteiger partial charge on any atom is 0.0602 e. The van der Waals surface area contributed by atoms with E-state index in [1.165, 1.54) is 49.3 Å². The highest BCUT2D eigenvalue weighted by atomic mass is 15.1. The van der Waals surface area contributed by atoms with E-state index in [1.54, 1.807) is 0 Å². The molecule has 1 saturated heterocycles. The van der Waals surface area contributed by atoms with Gasteiger partial charge >= 0.3 is 0 Å². The molecule has 3 heteroatoms. The lowest BCUT2D eigenvalue weighted by Gasteiger charge is -2.30. The SMILES string of the molecule is Cn1ccc(CNc2ccccc2N2CCCCC2)c1. The number of nitrogens with one attached hydrogen (secondary N) is 1. The highest BCUT2D eigenvalue weighted by molar-refractivity contribution is 5.70. The molecule has 1 fully saturated rings. The largest absolute Gasteiger partial charge is 0.379 e. The first-order chi connectivity index (χ1) is 9.83. The summed E-state index contributed by atoms with van der Waals surface area (Å²) < 4.78 is 2.09. The number of piperidine rings is 1. The zero-order valence-electron chi connectivity index (χ0n) is 12.2. The summed E-state index contributed by atoms with van der Waals surface area (Å²) >= 11 is 0. The summed E-state index contributed by atoms with van der Waals surface area (Å²) in [5.41, 5.74) is 3.92. The molecular formula is C17H23N3. The van der Waals surface area contributed by atoms with Gasteiger partial charge in [-0.25, -0.2) is 0 Å². The van der Waals surface area contributed by atoms with Gasteiger partial charge < -0.3 is 14.8 Å². The van der Waals surface area contributed by atoms with Crippen molar-refractivity contribution >= 4 is 11.4 Å². The van der Waals surface area contributed by atoms with Gasteiger partial charge in [0.25, 0.3) is 0 Å². The topological polar surface area (TPSA) is 20.2 Å². The fourth-order valence-corrected chi connectivity index (χ4v) is 2.90. The number of nitrogens with zero attached hydrogens (tertiary/aromatic N) is 2. The zero-order chi connectivity index (χ0) is 13.8. The lowest BCUT2D eigenvalue weighted by Crippen LogP contribution is -2.30. The van der Waals surface area contributed by atoms with Crippen LogP contribution in [0, 0.1) is 0 Å². The fourth-order valence-electron chi connectivity index (χ4n) is 2.90. The molecule has 3 nitrogen and oxygen atoms in total. The number of hydrogen-bond acceptors (Lipinski definition) is 2. The molecule has 1 aromatic heterocycles. The molecule has 0 radical (unpaired) electrons. The van der Waals surface area contributed by atoms with Crippen LogP contribution in [0.2, 0.25) is 0 Å². The van der Waals surface area contributed by atoms with E-state index in [0.29, 0.717) is 0 Å². The molecule has 3 rings (SSSR count). The Morgan fingerprint density at radius 1 is 1.05 bits per heavy atom. The molecule has 0 bridgehead atoms. The van der Waals surface area contributed by atoms with Crippen molar-refractivity contribution in [2.75, 3.05) is 23.3 Å². The Labute approximate surface area is 121 Å². The van der Waals surface area contributed by atoms with Crippen molar-refractivity contribution in [3.05, 3.63) is 48.3 Å². The molecule has 0 spiro atoms. The molecule has 0 unspecified atom stereocenters. The standard InChI is InChI=1S/C17H23N3/c1-19-12-9-15(14-19)13-18-16-7-3-4-8-17(16)20-10-5-2-6-11-20/h3-4,7-9,12,14,18H,2,5-6,10-11,13H2,1H3. The van der Waals surface area contributed by atoms with E-state index in [-0.39, 0.29) is 0 Å². The zero-order valence-corrected chi connectivity index (χ0v) is 12.2. The molecule has 0 saturated carbocycles. The average molecular weight is 269 g/mol. The molecule has 1 aliphatic rings. The predicted octanol–water partition coefficient (Wildman–Crippen LogP) is 3.63.